The van der Waals surface area contributed by atoms with Gasteiger partial charge in [-0.1, -0.05) is 43.3 Å². The van der Waals surface area contributed by atoms with E-state index >= 15 is 0 Å². The number of carbonyl (C=O) groups is 1. The lowest BCUT2D eigenvalue weighted by atomic mass is 9.87. The summed E-state index contributed by atoms with van der Waals surface area (Å²) in [6, 6.07) is 18.4. The second-order valence-corrected chi connectivity index (χ2v) is 7.96. The number of fused-ring (bicyclic) bond motifs is 1. The standard InChI is InChI=1S/C26H26N4O3/c1-2-18-6-5-8-22-24(17-29-26(18)22)23(19-9-11-21(12-10-19)30(32)33)16-25(31)28-15-13-20-7-3-4-14-27-20/h3-12,14,17,23,29H,2,13,15-16H2,1H3,(H,28,31)/t23-/m0/s1. The third kappa shape index (κ3) is 5.09. The number of aryl methyl sites for hydroxylation is 1. The Morgan fingerprint density at radius 2 is 1.94 bits per heavy atom. The van der Waals surface area contributed by atoms with Crippen molar-refractivity contribution in [1.29, 1.82) is 0 Å². The van der Waals surface area contributed by atoms with Gasteiger partial charge in [0.05, 0.1) is 4.92 Å². The number of benzene rings is 2. The molecule has 4 rings (SSSR count). The SMILES string of the molecule is CCc1cccc2c([C@@H](CC(=O)NCCc3ccccn3)c3ccc([N+](=O)[O-])cc3)c[nH]c12. The van der Waals surface area contributed by atoms with E-state index in [1.54, 1.807) is 18.3 Å². The Morgan fingerprint density at radius 1 is 1.12 bits per heavy atom. The zero-order chi connectivity index (χ0) is 23.2. The Labute approximate surface area is 192 Å². The summed E-state index contributed by atoms with van der Waals surface area (Å²) in [6.07, 6.45) is 5.49. The van der Waals surface area contributed by atoms with Gasteiger partial charge in [-0.15, -0.1) is 0 Å². The monoisotopic (exact) mass is 442 g/mol. The number of carbonyl (C=O) groups excluding carboxylic acids is 1. The van der Waals surface area contributed by atoms with Crippen molar-refractivity contribution in [3.8, 4) is 0 Å². The molecule has 4 aromatic rings. The van der Waals surface area contributed by atoms with E-state index in [1.165, 1.54) is 17.7 Å². The summed E-state index contributed by atoms with van der Waals surface area (Å²) < 4.78 is 0. The number of aromatic amines is 1. The van der Waals surface area contributed by atoms with Gasteiger partial charge < -0.3 is 10.3 Å². The Morgan fingerprint density at radius 3 is 2.64 bits per heavy atom. The van der Waals surface area contributed by atoms with E-state index in [9.17, 15) is 14.9 Å². The molecular weight excluding hydrogens is 416 g/mol. The van der Waals surface area contributed by atoms with Crippen LogP contribution in [0.4, 0.5) is 5.69 Å². The fraction of sp³-hybridized carbons (Fsp3) is 0.231. The summed E-state index contributed by atoms with van der Waals surface area (Å²) in [6.45, 7) is 2.61. The molecule has 2 heterocycles. The van der Waals surface area contributed by atoms with Crippen molar-refractivity contribution in [3.63, 3.8) is 0 Å². The molecule has 0 radical (unpaired) electrons. The number of nitrogens with one attached hydrogen (secondary N) is 2. The van der Waals surface area contributed by atoms with Crippen molar-refractivity contribution < 1.29 is 9.72 Å². The number of nitro benzene ring substituents is 1. The quantitative estimate of drug-likeness (QED) is 0.284. The molecular formula is C26H26N4O3. The number of hydrogen-bond donors (Lipinski definition) is 2. The van der Waals surface area contributed by atoms with Gasteiger partial charge in [0, 0.05) is 66.4 Å². The van der Waals surface area contributed by atoms with Crippen LogP contribution in [0.2, 0.25) is 0 Å². The van der Waals surface area contributed by atoms with Crippen molar-refractivity contribution in [3.05, 3.63) is 106 Å². The number of pyridine rings is 1. The topological polar surface area (TPSA) is 101 Å². The van der Waals surface area contributed by atoms with Crippen molar-refractivity contribution >= 4 is 22.5 Å². The zero-order valence-corrected chi connectivity index (χ0v) is 18.5. The Kier molecular flexibility index (Phi) is 6.78. The minimum absolute atomic E-state index is 0.0320. The molecule has 2 N–H and O–H groups in total. The fourth-order valence-corrected chi connectivity index (χ4v) is 4.19. The van der Waals surface area contributed by atoms with Crippen LogP contribution >= 0.6 is 0 Å². The number of nitro groups is 1. The molecule has 33 heavy (non-hydrogen) atoms. The highest BCUT2D eigenvalue weighted by molar-refractivity contribution is 5.88. The minimum atomic E-state index is -0.414. The maximum atomic E-state index is 12.9. The van der Waals surface area contributed by atoms with E-state index in [-0.39, 0.29) is 23.9 Å². The summed E-state index contributed by atoms with van der Waals surface area (Å²) >= 11 is 0. The van der Waals surface area contributed by atoms with Gasteiger partial charge in [0.1, 0.15) is 0 Å². The predicted molar refractivity (Wildman–Crippen MR) is 128 cm³/mol. The van der Waals surface area contributed by atoms with Crippen molar-refractivity contribution in [2.75, 3.05) is 6.54 Å². The summed E-state index contributed by atoms with van der Waals surface area (Å²) in [7, 11) is 0. The van der Waals surface area contributed by atoms with E-state index in [0.717, 1.165) is 34.1 Å². The molecule has 0 unspecified atom stereocenters. The number of rotatable bonds is 9. The highest BCUT2D eigenvalue weighted by Gasteiger charge is 2.22. The van der Waals surface area contributed by atoms with Crippen LogP contribution in [-0.4, -0.2) is 27.3 Å². The molecule has 7 heteroatoms. The first-order valence-electron chi connectivity index (χ1n) is 11.1. The molecule has 1 atom stereocenters. The van der Waals surface area contributed by atoms with Gasteiger partial charge in [-0.3, -0.25) is 19.9 Å². The van der Waals surface area contributed by atoms with Gasteiger partial charge in [-0.25, -0.2) is 0 Å². The van der Waals surface area contributed by atoms with Gasteiger partial charge in [-0.05, 0) is 35.2 Å². The van der Waals surface area contributed by atoms with Crippen LogP contribution in [0, 0.1) is 10.1 Å². The van der Waals surface area contributed by atoms with Gasteiger partial charge in [-0.2, -0.15) is 0 Å². The smallest absolute Gasteiger partial charge is 0.269 e. The van der Waals surface area contributed by atoms with E-state index in [0.29, 0.717) is 13.0 Å². The molecule has 2 aromatic carbocycles. The lowest BCUT2D eigenvalue weighted by Crippen LogP contribution is -2.27. The van der Waals surface area contributed by atoms with Gasteiger partial charge in [0.15, 0.2) is 0 Å². The number of para-hydroxylation sites is 1. The maximum absolute atomic E-state index is 12.9. The van der Waals surface area contributed by atoms with Gasteiger partial charge in [0.2, 0.25) is 5.91 Å². The molecule has 1 amide bonds. The van der Waals surface area contributed by atoms with E-state index in [1.807, 2.05) is 30.5 Å². The van der Waals surface area contributed by atoms with Crippen LogP contribution in [0.3, 0.4) is 0 Å². The third-order valence-electron chi connectivity index (χ3n) is 5.92. The summed E-state index contributed by atoms with van der Waals surface area (Å²) in [5.41, 5.74) is 5.11. The van der Waals surface area contributed by atoms with E-state index in [4.69, 9.17) is 0 Å². The van der Waals surface area contributed by atoms with Crippen molar-refractivity contribution in [2.45, 2.75) is 32.1 Å². The summed E-state index contributed by atoms with van der Waals surface area (Å²) in [4.78, 5) is 31.2. The number of nitrogens with zero attached hydrogens (tertiary/aromatic N) is 2. The number of non-ortho nitro benzene ring substituents is 1. The normalized spacial score (nSPS) is 11.9. The van der Waals surface area contributed by atoms with E-state index in [2.05, 4.69) is 34.3 Å². The number of amides is 1. The van der Waals surface area contributed by atoms with Crippen molar-refractivity contribution in [2.24, 2.45) is 0 Å². The molecule has 0 aliphatic heterocycles. The molecule has 168 valence electrons. The van der Waals surface area contributed by atoms with Crippen molar-refractivity contribution in [1.82, 2.24) is 15.3 Å². The predicted octanol–water partition coefficient (Wildman–Crippen LogP) is 4.91. The minimum Gasteiger partial charge on any atom is -0.361 e. The Hall–Kier alpha value is -4.00. The second-order valence-electron chi connectivity index (χ2n) is 7.96. The molecule has 0 aliphatic carbocycles. The highest BCUT2D eigenvalue weighted by Crippen LogP contribution is 2.35. The molecule has 2 aromatic heterocycles. The lowest BCUT2D eigenvalue weighted by Gasteiger charge is -2.17. The zero-order valence-electron chi connectivity index (χ0n) is 18.5. The first kappa shape index (κ1) is 22.2. The number of hydrogen-bond acceptors (Lipinski definition) is 4. The average Bonchev–Trinajstić information content (AvgIpc) is 3.27. The number of aromatic nitrogens is 2. The van der Waals surface area contributed by atoms with Crippen LogP contribution in [0.15, 0.2) is 73.1 Å². The van der Waals surface area contributed by atoms with Crippen LogP contribution < -0.4 is 5.32 Å². The van der Waals surface area contributed by atoms with Gasteiger partial charge >= 0.3 is 0 Å². The highest BCUT2D eigenvalue weighted by atomic mass is 16.6. The van der Waals surface area contributed by atoms with Gasteiger partial charge in [0.25, 0.3) is 5.69 Å². The summed E-state index contributed by atoms with van der Waals surface area (Å²) in [5, 5.41) is 15.2. The first-order valence-corrected chi connectivity index (χ1v) is 11.1. The molecule has 0 fully saturated rings. The second kappa shape index (κ2) is 10.1. The number of H-pyrrole nitrogens is 1. The van der Waals surface area contributed by atoms with Crippen LogP contribution in [-0.2, 0) is 17.6 Å². The fourth-order valence-electron chi connectivity index (χ4n) is 4.19. The first-order chi connectivity index (χ1) is 16.1. The van der Waals surface area contributed by atoms with Crippen LogP contribution in [0.5, 0.6) is 0 Å². The maximum Gasteiger partial charge on any atom is 0.269 e. The molecule has 0 saturated heterocycles. The lowest BCUT2D eigenvalue weighted by molar-refractivity contribution is -0.384. The molecule has 0 aliphatic rings. The Balaban J connectivity index is 1.59. The third-order valence-corrected chi connectivity index (χ3v) is 5.92. The van der Waals surface area contributed by atoms with Crippen LogP contribution in [0.25, 0.3) is 10.9 Å². The summed E-state index contributed by atoms with van der Waals surface area (Å²) in [5.74, 6) is -0.309. The molecule has 0 spiro atoms. The largest absolute Gasteiger partial charge is 0.361 e. The molecule has 0 saturated carbocycles. The molecule has 0 bridgehead atoms. The van der Waals surface area contributed by atoms with Crippen LogP contribution in [0.1, 0.15) is 41.6 Å². The Bertz CT molecular complexity index is 1250. The van der Waals surface area contributed by atoms with E-state index < -0.39 is 4.92 Å². The average molecular weight is 443 g/mol. The molecule has 7 nitrogen and oxygen atoms in total.